The maximum atomic E-state index is 13.1. The average Bonchev–Trinajstić information content (AvgIpc) is 3.70. The summed E-state index contributed by atoms with van der Waals surface area (Å²) in [6.07, 6.45) is -2.72. The zero-order valence-corrected chi connectivity index (χ0v) is 36.1. The number of allylic oxidation sites excluding steroid dienone is 2. The minimum atomic E-state index is -5.16. The maximum absolute atomic E-state index is 13.1. The van der Waals surface area contributed by atoms with Crippen LogP contribution >= 0.6 is 17.0 Å². The van der Waals surface area contributed by atoms with Crippen molar-refractivity contribution in [3.63, 3.8) is 0 Å². The van der Waals surface area contributed by atoms with Crippen molar-refractivity contribution < 1.29 is 51.4 Å². The van der Waals surface area contributed by atoms with Crippen LogP contribution in [-0.4, -0.2) is 18.6 Å². The van der Waals surface area contributed by atoms with Crippen LogP contribution in [0.1, 0.15) is 81.2 Å². The molecule has 0 saturated carbocycles. The fourth-order valence-electron chi connectivity index (χ4n) is 8.79. The number of halogens is 8. The first-order valence-corrected chi connectivity index (χ1v) is 34.7. The van der Waals surface area contributed by atoms with E-state index in [1.54, 1.807) is 12.1 Å². The van der Waals surface area contributed by atoms with Crippen molar-refractivity contribution in [2.75, 3.05) is 0 Å². The van der Waals surface area contributed by atoms with Crippen molar-refractivity contribution in [2.24, 2.45) is 0 Å². The molecule has 2 aliphatic rings. The molecule has 0 saturated heterocycles. The van der Waals surface area contributed by atoms with Gasteiger partial charge in [-0.05, 0) is 0 Å². The SMILES string of the molecule is CCC1=Cc2c(-c3ccc(OC(F)(F)F)cc3CC)cccc2[CH]1[Zr]([Cl])([Cl])([CH]1C(CC)=Cc2c(-c3ccc(OC(F)(F)F)cc3CC)cccc21)[SiH](C)C. The topological polar surface area (TPSA) is 18.5 Å². The monoisotopic (exact) mass is 881 g/mol. The van der Waals surface area contributed by atoms with E-state index >= 15 is 0 Å². The van der Waals surface area contributed by atoms with Crippen LogP contribution in [0.15, 0.2) is 83.9 Å². The number of ether oxygens (including phenoxy) is 2. The summed E-state index contributed by atoms with van der Waals surface area (Å²) in [6, 6.07) is 21.3. The van der Waals surface area contributed by atoms with Gasteiger partial charge in [0.2, 0.25) is 0 Å². The summed E-state index contributed by atoms with van der Waals surface area (Å²) in [5, 5.41) is 0. The Labute approximate surface area is 322 Å². The van der Waals surface area contributed by atoms with E-state index in [9.17, 15) is 26.3 Å². The van der Waals surface area contributed by atoms with Crippen LogP contribution < -0.4 is 9.47 Å². The summed E-state index contributed by atoms with van der Waals surface area (Å²) in [7, 11) is 17.1. The Hall–Kier alpha value is -2.78. The molecule has 0 bridgehead atoms. The Balaban J connectivity index is 1.52. The van der Waals surface area contributed by atoms with Gasteiger partial charge in [0.25, 0.3) is 0 Å². The molecule has 287 valence electrons. The third-order valence-electron chi connectivity index (χ3n) is 11.3. The number of fused-ring (bicyclic) bond motifs is 2. The number of rotatable bonds is 11. The van der Waals surface area contributed by atoms with Gasteiger partial charge in [-0.1, -0.05) is 0 Å². The fourth-order valence-corrected chi connectivity index (χ4v) is 40.6. The molecule has 2 aliphatic carbocycles. The van der Waals surface area contributed by atoms with E-state index in [1.807, 2.05) is 38.1 Å². The molecule has 2 nitrogen and oxygen atoms in total. The number of benzene rings is 4. The molecule has 4 aromatic carbocycles. The molecule has 2 atom stereocenters. The van der Waals surface area contributed by atoms with E-state index in [4.69, 9.17) is 17.0 Å². The summed E-state index contributed by atoms with van der Waals surface area (Å²) in [4.78, 5) is 0. The normalized spacial score (nSPS) is 17.8. The van der Waals surface area contributed by atoms with Crippen LogP contribution in [0.5, 0.6) is 11.5 Å². The van der Waals surface area contributed by atoms with Crippen LogP contribution in [0.25, 0.3) is 34.4 Å². The summed E-state index contributed by atoms with van der Waals surface area (Å²) in [5.41, 5.74) is 11.4. The molecule has 0 aromatic heterocycles. The second kappa shape index (κ2) is 14.9. The second-order valence-corrected chi connectivity index (χ2v) is 57.0. The van der Waals surface area contributed by atoms with Crippen LogP contribution in [0.4, 0.5) is 26.3 Å². The first kappa shape index (κ1) is 40.9. The second-order valence-electron chi connectivity index (χ2n) is 14.4. The van der Waals surface area contributed by atoms with Gasteiger partial charge in [0.1, 0.15) is 0 Å². The molecule has 0 fully saturated rings. The van der Waals surface area contributed by atoms with Gasteiger partial charge in [0.05, 0.1) is 0 Å². The van der Waals surface area contributed by atoms with Gasteiger partial charge in [-0.2, -0.15) is 0 Å². The zero-order valence-electron chi connectivity index (χ0n) is 31.0. The van der Waals surface area contributed by atoms with Gasteiger partial charge in [0, 0.05) is 0 Å². The molecule has 0 amide bonds. The van der Waals surface area contributed by atoms with Crippen LogP contribution in [0.2, 0.25) is 13.1 Å². The summed E-state index contributed by atoms with van der Waals surface area (Å²) in [6.45, 7) is 12.6. The van der Waals surface area contributed by atoms with Crippen LogP contribution in [0.3, 0.4) is 0 Å². The van der Waals surface area contributed by atoms with Crippen molar-refractivity contribution >= 4 is 35.1 Å². The molecule has 12 heteroatoms. The first-order valence-electron chi connectivity index (χ1n) is 18.4. The van der Waals surface area contributed by atoms with E-state index in [1.165, 1.54) is 24.3 Å². The van der Waals surface area contributed by atoms with Crippen LogP contribution in [-0.2, 0) is 28.4 Å². The van der Waals surface area contributed by atoms with Gasteiger partial charge in [-0.3, -0.25) is 0 Å². The molecule has 0 heterocycles. The average molecular weight is 884 g/mol. The van der Waals surface area contributed by atoms with Crippen molar-refractivity contribution in [3.05, 3.63) is 117 Å². The molecule has 6 rings (SSSR count). The zero-order chi connectivity index (χ0) is 39.4. The Morgan fingerprint density at radius 2 is 0.963 bits per heavy atom. The molecule has 0 N–H and O–H groups in total. The fraction of sp³-hybridized carbons (Fsp3) is 0.333. The van der Waals surface area contributed by atoms with E-state index in [-0.39, 0.29) is 18.8 Å². The van der Waals surface area contributed by atoms with Gasteiger partial charge >= 0.3 is 324 Å². The standard InChI is InChI=1S/2C20H18F3O.C2H7Si.2ClH.Zr/c2*1-3-13-10-15-6-5-7-18(19(15)11-13)17-9-8-16(12-14(17)4-2)24-20(21,22)23;1-3-2;;;/h2*5-12H,3-4H2,1-2H3;3H,1-2H3;2*1H;/q;;;;;+2/p-2. The minimum absolute atomic E-state index is 0.195. The van der Waals surface area contributed by atoms with Gasteiger partial charge in [0.15, 0.2) is 0 Å². The van der Waals surface area contributed by atoms with E-state index < -0.39 is 34.2 Å². The Morgan fingerprint density at radius 3 is 1.28 bits per heavy atom. The van der Waals surface area contributed by atoms with Gasteiger partial charge in [-0.25, -0.2) is 0 Å². The van der Waals surface area contributed by atoms with E-state index in [2.05, 4.69) is 60.7 Å². The molecule has 4 aromatic rings. The Bertz CT molecular complexity index is 2010. The number of hydrogen-bond donors (Lipinski definition) is 0. The van der Waals surface area contributed by atoms with Crippen molar-refractivity contribution in [1.82, 2.24) is 0 Å². The summed E-state index contributed by atoms with van der Waals surface area (Å²) < 4.78 is 86.8. The van der Waals surface area contributed by atoms with Crippen LogP contribution in [0, 0.1) is 0 Å². The quantitative estimate of drug-likeness (QED) is 0.110. The number of hydrogen-bond acceptors (Lipinski definition) is 2. The first-order chi connectivity index (χ1) is 25.3. The molecular weight excluding hydrogens is 841 g/mol. The third kappa shape index (κ3) is 7.30. The van der Waals surface area contributed by atoms with Gasteiger partial charge < -0.3 is 0 Å². The van der Waals surface area contributed by atoms with Gasteiger partial charge in [-0.15, -0.1) is 0 Å². The third-order valence-corrected chi connectivity index (χ3v) is 63.1. The summed E-state index contributed by atoms with van der Waals surface area (Å²) in [5.74, 6) is -2.41. The Kier molecular flexibility index (Phi) is 11.3. The summed E-state index contributed by atoms with van der Waals surface area (Å²) >= 11 is -5.16. The van der Waals surface area contributed by atoms with Crippen molar-refractivity contribution in [3.8, 4) is 33.8 Å². The number of aryl methyl sites for hydroxylation is 2. The molecule has 2 unspecified atom stereocenters. The molecular formula is C42H43Cl2F6O2SiZr. The molecule has 0 spiro atoms. The number of alkyl halides is 6. The molecule has 0 aliphatic heterocycles. The van der Waals surface area contributed by atoms with E-state index in [0.717, 1.165) is 79.6 Å². The Morgan fingerprint density at radius 1 is 0.574 bits per heavy atom. The molecule has 0 radical (unpaired) electrons. The van der Waals surface area contributed by atoms with Crippen molar-refractivity contribution in [2.45, 2.75) is 86.4 Å². The van der Waals surface area contributed by atoms with E-state index in [0.29, 0.717) is 12.8 Å². The predicted octanol–water partition coefficient (Wildman–Crippen LogP) is 14.3. The van der Waals surface area contributed by atoms with Crippen molar-refractivity contribution in [1.29, 1.82) is 0 Å². The predicted molar refractivity (Wildman–Crippen MR) is 208 cm³/mol. The molecule has 54 heavy (non-hydrogen) atoms.